The molecule has 1 aliphatic rings. The molecule has 18 heavy (non-hydrogen) atoms. The minimum atomic E-state index is -0.550. The van der Waals surface area contributed by atoms with E-state index in [1.807, 2.05) is 0 Å². The number of hydrogen-bond acceptors (Lipinski definition) is 2. The molecule has 0 aliphatic heterocycles. The van der Waals surface area contributed by atoms with Crippen LogP contribution in [0.3, 0.4) is 0 Å². The predicted molar refractivity (Wildman–Crippen MR) is 81.4 cm³/mol. The summed E-state index contributed by atoms with van der Waals surface area (Å²) in [6, 6.07) is 0.619. The summed E-state index contributed by atoms with van der Waals surface area (Å²) in [5.74, 6) is 2.68. The van der Waals surface area contributed by atoms with Crippen LogP contribution in [0.25, 0.3) is 0 Å². The van der Waals surface area contributed by atoms with Crippen LogP contribution in [-0.4, -0.2) is 28.3 Å². The molecule has 2 nitrogen and oxygen atoms in total. The van der Waals surface area contributed by atoms with Crippen molar-refractivity contribution >= 4 is 10.8 Å². The lowest BCUT2D eigenvalue weighted by Gasteiger charge is -2.13. The molecule has 2 atom stereocenters. The zero-order chi connectivity index (χ0) is 13.2. The molecule has 0 aromatic carbocycles. The van der Waals surface area contributed by atoms with Gasteiger partial charge in [0.15, 0.2) is 0 Å². The maximum Gasteiger partial charge on any atom is 0.0263 e. The second-order valence-corrected chi connectivity index (χ2v) is 7.43. The lowest BCUT2D eigenvalue weighted by atomic mass is 10.1. The van der Waals surface area contributed by atoms with E-state index < -0.39 is 10.8 Å². The Morgan fingerprint density at radius 3 is 2.67 bits per heavy atom. The van der Waals surface area contributed by atoms with E-state index >= 15 is 0 Å². The van der Waals surface area contributed by atoms with Crippen LogP contribution in [0.2, 0.25) is 0 Å². The number of unbranched alkanes of at least 4 members (excludes halogenated alkanes) is 1. The van der Waals surface area contributed by atoms with Crippen LogP contribution >= 0.6 is 0 Å². The second kappa shape index (κ2) is 9.96. The Balaban J connectivity index is 1.94. The standard InChI is InChI=1S/C15H31NOS/c1-3-11-16-14(2)8-6-7-12-18(17)13-15-9-4-5-10-15/h14-16H,3-13H2,1-2H3. The summed E-state index contributed by atoms with van der Waals surface area (Å²) < 4.78 is 11.9. The molecule has 108 valence electrons. The van der Waals surface area contributed by atoms with E-state index in [1.165, 1.54) is 44.9 Å². The van der Waals surface area contributed by atoms with Crippen molar-refractivity contribution in [2.45, 2.75) is 71.3 Å². The van der Waals surface area contributed by atoms with E-state index in [9.17, 15) is 4.21 Å². The number of nitrogens with one attached hydrogen (secondary N) is 1. The fourth-order valence-electron chi connectivity index (χ4n) is 2.73. The topological polar surface area (TPSA) is 29.1 Å². The van der Waals surface area contributed by atoms with Gasteiger partial charge in [-0.15, -0.1) is 0 Å². The highest BCUT2D eigenvalue weighted by molar-refractivity contribution is 7.84. The maximum atomic E-state index is 11.9. The zero-order valence-electron chi connectivity index (χ0n) is 12.2. The first kappa shape index (κ1) is 16.2. The molecular formula is C15H31NOS. The smallest absolute Gasteiger partial charge is 0.0263 e. The molecule has 1 rings (SSSR count). The molecule has 0 spiro atoms. The molecule has 0 aromatic rings. The quantitative estimate of drug-likeness (QED) is 0.617. The minimum Gasteiger partial charge on any atom is -0.314 e. The molecule has 0 saturated heterocycles. The van der Waals surface area contributed by atoms with E-state index in [0.717, 1.165) is 30.4 Å². The van der Waals surface area contributed by atoms with Gasteiger partial charge in [-0.2, -0.15) is 0 Å². The summed E-state index contributed by atoms with van der Waals surface area (Å²) in [4.78, 5) is 0. The summed E-state index contributed by atoms with van der Waals surface area (Å²) in [6.45, 7) is 5.58. The SMILES string of the molecule is CCCNC(C)CCCCS(=O)CC1CCCC1. The third kappa shape index (κ3) is 7.52. The third-order valence-electron chi connectivity index (χ3n) is 3.90. The number of rotatable bonds is 10. The molecule has 0 aromatic heterocycles. The van der Waals surface area contributed by atoms with Crippen LogP contribution in [0.1, 0.15) is 65.2 Å². The highest BCUT2D eigenvalue weighted by Crippen LogP contribution is 2.25. The van der Waals surface area contributed by atoms with Crippen molar-refractivity contribution in [3.05, 3.63) is 0 Å². The molecule has 0 bridgehead atoms. The molecule has 2 unspecified atom stereocenters. The molecular weight excluding hydrogens is 242 g/mol. The lowest BCUT2D eigenvalue weighted by molar-refractivity contribution is 0.495. The van der Waals surface area contributed by atoms with Gasteiger partial charge in [0, 0.05) is 28.3 Å². The van der Waals surface area contributed by atoms with Gasteiger partial charge >= 0.3 is 0 Å². The Bertz CT molecular complexity index is 227. The first-order chi connectivity index (χ1) is 8.72. The molecule has 3 heteroatoms. The predicted octanol–water partition coefficient (Wildman–Crippen LogP) is 3.48. The Labute approximate surface area is 116 Å². The second-order valence-electron chi connectivity index (χ2n) is 5.81. The minimum absolute atomic E-state index is 0.550. The average molecular weight is 273 g/mol. The van der Waals surface area contributed by atoms with Crippen molar-refractivity contribution in [3.63, 3.8) is 0 Å². The summed E-state index contributed by atoms with van der Waals surface area (Å²) in [7, 11) is -0.550. The Morgan fingerprint density at radius 1 is 1.28 bits per heavy atom. The molecule has 0 radical (unpaired) electrons. The molecule has 0 amide bonds. The van der Waals surface area contributed by atoms with Gasteiger partial charge in [0.05, 0.1) is 0 Å². The van der Waals surface area contributed by atoms with E-state index in [-0.39, 0.29) is 0 Å². The van der Waals surface area contributed by atoms with E-state index in [4.69, 9.17) is 0 Å². The molecule has 1 saturated carbocycles. The van der Waals surface area contributed by atoms with Gasteiger partial charge in [-0.3, -0.25) is 4.21 Å². The van der Waals surface area contributed by atoms with Crippen molar-refractivity contribution in [1.29, 1.82) is 0 Å². The number of hydrogen-bond donors (Lipinski definition) is 1. The van der Waals surface area contributed by atoms with Crippen LogP contribution in [0, 0.1) is 5.92 Å². The Morgan fingerprint density at radius 2 is 2.00 bits per heavy atom. The van der Waals surface area contributed by atoms with Crippen LogP contribution in [0.15, 0.2) is 0 Å². The maximum absolute atomic E-state index is 11.9. The van der Waals surface area contributed by atoms with Crippen molar-refractivity contribution in [2.24, 2.45) is 5.92 Å². The fraction of sp³-hybridized carbons (Fsp3) is 1.00. The monoisotopic (exact) mass is 273 g/mol. The Hall–Kier alpha value is 0.110. The van der Waals surface area contributed by atoms with Crippen LogP contribution in [-0.2, 0) is 10.8 Å². The largest absolute Gasteiger partial charge is 0.314 e. The molecule has 1 aliphatic carbocycles. The lowest BCUT2D eigenvalue weighted by Crippen LogP contribution is -2.26. The zero-order valence-corrected chi connectivity index (χ0v) is 13.1. The summed E-state index contributed by atoms with van der Waals surface area (Å²) in [6.07, 6.45) is 10.2. The van der Waals surface area contributed by atoms with Gasteiger partial charge in [-0.05, 0) is 51.5 Å². The summed E-state index contributed by atoms with van der Waals surface area (Å²) in [5, 5.41) is 3.50. The summed E-state index contributed by atoms with van der Waals surface area (Å²) >= 11 is 0. The molecule has 1 N–H and O–H groups in total. The van der Waals surface area contributed by atoms with E-state index in [0.29, 0.717) is 6.04 Å². The highest BCUT2D eigenvalue weighted by Gasteiger charge is 2.17. The van der Waals surface area contributed by atoms with E-state index in [1.54, 1.807) is 0 Å². The third-order valence-corrected chi connectivity index (χ3v) is 5.49. The Kier molecular flexibility index (Phi) is 8.95. The van der Waals surface area contributed by atoms with Gasteiger partial charge in [0.1, 0.15) is 0 Å². The van der Waals surface area contributed by atoms with Crippen molar-refractivity contribution in [3.8, 4) is 0 Å². The van der Waals surface area contributed by atoms with Crippen molar-refractivity contribution in [2.75, 3.05) is 18.1 Å². The van der Waals surface area contributed by atoms with Gasteiger partial charge in [0.2, 0.25) is 0 Å². The van der Waals surface area contributed by atoms with Crippen LogP contribution in [0.5, 0.6) is 0 Å². The van der Waals surface area contributed by atoms with Crippen molar-refractivity contribution < 1.29 is 4.21 Å². The van der Waals surface area contributed by atoms with Gasteiger partial charge in [-0.25, -0.2) is 0 Å². The molecule has 1 fully saturated rings. The van der Waals surface area contributed by atoms with Gasteiger partial charge < -0.3 is 5.32 Å². The first-order valence-electron chi connectivity index (χ1n) is 7.80. The van der Waals surface area contributed by atoms with Crippen LogP contribution in [0.4, 0.5) is 0 Å². The van der Waals surface area contributed by atoms with Crippen molar-refractivity contribution in [1.82, 2.24) is 5.32 Å². The van der Waals surface area contributed by atoms with Gasteiger partial charge in [0.25, 0.3) is 0 Å². The highest BCUT2D eigenvalue weighted by atomic mass is 32.2. The van der Waals surface area contributed by atoms with Crippen LogP contribution < -0.4 is 5.32 Å². The molecule has 0 heterocycles. The van der Waals surface area contributed by atoms with E-state index in [2.05, 4.69) is 19.2 Å². The summed E-state index contributed by atoms with van der Waals surface area (Å²) in [5.41, 5.74) is 0. The fourth-order valence-corrected chi connectivity index (χ4v) is 4.28. The van der Waals surface area contributed by atoms with Gasteiger partial charge in [-0.1, -0.05) is 26.2 Å². The average Bonchev–Trinajstić information content (AvgIpc) is 2.85. The first-order valence-corrected chi connectivity index (χ1v) is 9.29. The normalized spacial score (nSPS) is 20.1.